The Bertz CT molecular complexity index is 1430. The van der Waals surface area contributed by atoms with Gasteiger partial charge >= 0.3 is 0 Å². The zero-order chi connectivity index (χ0) is 24.5. The highest BCUT2D eigenvalue weighted by molar-refractivity contribution is 6.11. The molecular weight excluding hydrogens is 447 g/mol. The molecule has 35 heavy (non-hydrogen) atoms. The third-order valence-electron chi connectivity index (χ3n) is 6.33. The van der Waals surface area contributed by atoms with E-state index in [0.29, 0.717) is 29.2 Å². The van der Waals surface area contributed by atoms with Gasteiger partial charge in [0.1, 0.15) is 17.3 Å². The summed E-state index contributed by atoms with van der Waals surface area (Å²) < 4.78 is 16.9. The lowest BCUT2D eigenvalue weighted by Gasteiger charge is -2.34. The normalized spacial score (nSPS) is 15.8. The Labute approximate surface area is 201 Å². The molecule has 2 aromatic carbocycles. The molecule has 3 heterocycles. The van der Waals surface area contributed by atoms with Gasteiger partial charge in [-0.3, -0.25) is 19.2 Å². The van der Waals surface area contributed by atoms with Crippen molar-refractivity contribution in [2.24, 2.45) is 7.05 Å². The first-order valence-corrected chi connectivity index (χ1v) is 11.5. The summed E-state index contributed by atoms with van der Waals surface area (Å²) >= 11 is 0. The fourth-order valence-electron chi connectivity index (χ4n) is 4.52. The van der Waals surface area contributed by atoms with Crippen LogP contribution in [0.1, 0.15) is 40.5 Å². The average molecular weight is 473 g/mol. The number of anilines is 1. The summed E-state index contributed by atoms with van der Waals surface area (Å²) in [5, 5.41) is 12.8. The maximum atomic E-state index is 15.3. The van der Waals surface area contributed by atoms with Gasteiger partial charge in [-0.15, -0.1) is 5.10 Å². The number of Topliss-reactive ketones (excluding diaryl/α,β-unsaturated/α-hetero) is 1. The Morgan fingerprint density at radius 1 is 1.17 bits per heavy atom. The summed E-state index contributed by atoms with van der Waals surface area (Å²) in [5.41, 5.74) is 1.61. The Kier molecular flexibility index (Phi) is 6.08. The third kappa shape index (κ3) is 4.42. The van der Waals surface area contributed by atoms with Crippen molar-refractivity contribution >= 4 is 28.3 Å². The lowest BCUT2D eigenvalue weighted by molar-refractivity contribution is 0.0966. The molecule has 5 rings (SSSR count). The van der Waals surface area contributed by atoms with Gasteiger partial charge in [0.05, 0.1) is 17.8 Å². The number of aromatic nitrogens is 4. The van der Waals surface area contributed by atoms with Gasteiger partial charge in [-0.25, -0.2) is 9.37 Å². The van der Waals surface area contributed by atoms with E-state index in [9.17, 15) is 9.59 Å². The molecule has 1 atom stereocenters. The first kappa shape index (κ1) is 22.8. The number of carbonyl (C=O) groups is 2. The minimum Gasteiger partial charge on any atom is -0.315 e. The molecule has 0 aliphatic carbocycles. The summed E-state index contributed by atoms with van der Waals surface area (Å²) in [6.45, 7) is 2.96. The van der Waals surface area contributed by atoms with Crippen molar-refractivity contribution in [2.45, 2.75) is 25.8 Å². The van der Waals surface area contributed by atoms with Crippen molar-refractivity contribution in [3.63, 3.8) is 0 Å². The SMILES string of the molecule is CC(=O)c1ccc2c(N(C(=O)c3ccc(-c4cn(C)nn4)cc3F)[C@@H]3CCCNC3)nccc2c1. The number of amides is 1. The highest BCUT2D eigenvalue weighted by Gasteiger charge is 2.31. The van der Waals surface area contributed by atoms with Crippen molar-refractivity contribution in [1.29, 1.82) is 0 Å². The van der Waals surface area contributed by atoms with E-state index in [4.69, 9.17) is 0 Å². The second-order valence-corrected chi connectivity index (χ2v) is 8.77. The smallest absolute Gasteiger partial charge is 0.262 e. The Balaban J connectivity index is 1.59. The summed E-state index contributed by atoms with van der Waals surface area (Å²) in [6, 6.07) is 11.4. The van der Waals surface area contributed by atoms with Gasteiger partial charge in [0.25, 0.3) is 5.91 Å². The Morgan fingerprint density at radius 3 is 2.71 bits per heavy atom. The van der Waals surface area contributed by atoms with E-state index in [1.165, 1.54) is 23.7 Å². The van der Waals surface area contributed by atoms with Gasteiger partial charge in [0, 0.05) is 36.3 Å². The number of benzene rings is 2. The van der Waals surface area contributed by atoms with Crippen LogP contribution in [0, 0.1) is 5.82 Å². The molecule has 1 saturated heterocycles. The number of pyridine rings is 1. The van der Waals surface area contributed by atoms with E-state index in [2.05, 4.69) is 20.6 Å². The summed E-state index contributed by atoms with van der Waals surface area (Å²) in [5.74, 6) is -0.683. The summed E-state index contributed by atoms with van der Waals surface area (Å²) in [6.07, 6.45) is 4.96. The number of piperidine rings is 1. The van der Waals surface area contributed by atoms with Crippen LogP contribution in [-0.2, 0) is 7.05 Å². The molecule has 178 valence electrons. The average Bonchev–Trinajstić information content (AvgIpc) is 3.30. The van der Waals surface area contributed by atoms with E-state index in [1.807, 2.05) is 6.07 Å². The maximum Gasteiger partial charge on any atom is 0.262 e. The zero-order valence-electron chi connectivity index (χ0n) is 19.5. The molecule has 0 radical (unpaired) electrons. The van der Waals surface area contributed by atoms with Crippen molar-refractivity contribution in [3.8, 4) is 11.3 Å². The largest absolute Gasteiger partial charge is 0.315 e. The molecule has 0 unspecified atom stereocenters. The number of aryl methyl sites for hydroxylation is 1. The lowest BCUT2D eigenvalue weighted by Crippen LogP contribution is -2.49. The first-order valence-electron chi connectivity index (χ1n) is 11.5. The molecule has 8 nitrogen and oxygen atoms in total. The molecule has 0 spiro atoms. The molecular formula is C26H25FN6O2. The number of fused-ring (bicyclic) bond motifs is 1. The number of halogens is 1. The molecule has 1 aliphatic heterocycles. The van der Waals surface area contributed by atoms with Crippen LogP contribution >= 0.6 is 0 Å². The van der Waals surface area contributed by atoms with Crippen molar-refractivity contribution in [1.82, 2.24) is 25.3 Å². The lowest BCUT2D eigenvalue weighted by atomic mass is 10.0. The standard InChI is InChI=1S/C26H25FN6O2/c1-16(34)17-5-7-21-18(12-17)9-11-29-25(21)33(20-4-3-10-28-14-20)26(35)22-8-6-19(13-23(22)27)24-15-32(2)31-30-24/h5-9,11-13,15,20,28H,3-4,10,14H2,1-2H3/t20-/m1/s1. The number of nitrogens with one attached hydrogen (secondary N) is 1. The number of carbonyl (C=O) groups excluding carboxylic acids is 2. The van der Waals surface area contributed by atoms with Crippen LogP contribution in [0.3, 0.4) is 0 Å². The zero-order valence-corrected chi connectivity index (χ0v) is 19.5. The molecule has 1 fully saturated rings. The third-order valence-corrected chi connectivity index (χ3v) is 6.33. The highest BCUT2D eigenvalue weighted by Crippen LogP contribution is 2.31. The van der Waals surface area contributed by atoms with Gasteiger partial charge in [0.2, 0.25) is 0 Å². The second kappa shape index (κ2) is 9.34. The van der Waals surface area contributed by atoms with E-state index in [1.54, 1.807) is 48.6 Å². The minimum atomic E-state index is -0.633. The molecule has 9 heteroatoms. The van der Waals surface area contributed by atoms with Gasteiger partial charge in [0.15, 0.2) is 5.78 Å². The molecule has 0 bridgehead atoms. The first-order chi connectivity index (χ1) is 16.9. The van der Waals surface area contributed by atoms with Crippen LogP contribution in [0.2, 0.25) is 0 Å². The number of nitrogens with zero attached hydrogens (tertiary/aromatic N) is 5. The molecule has 1 N–H and O–H groups in total. The number of rotatable bonds is 5. The van der Waals surface area contributed by atoms with E-state index >= 15 is 4.39 Å². The number of hydrogen-bond donors (Lipinski definition) is 1. The summed E-state index contributed by atoms with van der Waals surface area (Å²) in [7, 11) is 1.73. The molecule has 0 saturated carbocycles. The number of hydrogen-bond acceptors (Lipinski definition) is 6. The van der Waals surface area contributed by atoms with Crippen LogP contribution < -0.4 is 10.2 Å². The monoisotopic (exact) mass is 472 g/mol. The van der Waals surface area contributed by atoms with Crippen LogP contribution in [-0.4, -0.2) is 50.8 Å². The van der Waals surface area contributed by atoms with Crippen LogP contribution in [0.4, 0.5) is 10.2 Å². The quantitative estimate of drug-likeness (QED) is 0.445. The fraction of sp³-hybridized carbons (Fsp3) is 0.269. The van der Waals surface area contributed by atoms with Crippen molar-refractivity contribution < 1.29 is 14.0 Å². The van der Waals surface area contributed by atoms with E-state index in [-0.39, 0.29) is 17.4 Å². The van der Waals surface area contributed by atoms with Crippen LogP contribution in [0.25, 0.3) is 22.0 Å². The molecule has 1 aliphatic rings. The predicted molar refractivity (Wildman–Crippen MR) is 131 cm³/mol. The fourth-order valence-corrected chi connectivity index (χ4v) is 4.52. The predicted octanol–water partition coefficient (Wildman–Crippen LogP) is 3.77. The molecule has 1 amide bonds. The van der Waals surface area contributed by atoms with E-state index in [0.717, 1.165) is 30.2 Å². The van der Waals surface area contributed by atoms with Gasteiger partial charge in [-0.05, 0) is 62.0 Å². The second-order valence-electron chi connectivity index (χ2n) is 8.77. The highest BCUT2D eigenvalue weighted by atomic mass is 19.1. The van der Waals surface area contributed by atoms with Crippen molar-refractivity contribution in [3.05, 3.63) is 71.8 Å². The summed E-state index contributed by atoms with van der Waals surface area (Å²) in [4.78, 5) is 31.9. The Hall–Kier alpha value is -3.98. The van der Waals surface area contributed by atoms with Gasteiger partial charge in [-0.2, -0.15) is 0 Å². The number of ketones is 1. The van der Waals surface area contributed by atoms with Crippen molar-refractivity contribution in [2.75, 3.05) is 18.0 Å². The maximum absolute atomic E-state index is 15.3. The van der Waals surface area contributed by atoms with Crippen LogP contribution in [0.5, 0.6) is 0 Å². The van der Waals surface area contributed by atoms with Gasteiger partial charge in [-0.1, -0.05) is 17.3 Å². The molecule has 2 aromatic heterocycles. The molecule has 4 aromatic rings. The Morgan fingerprint density at radius 2 is 2.03 bits per heavy atom. The van der Waals surface area contributed by atoms with E-state index < -0.39 is 11.7 Å². The van der Waals surface area contributed by atoms with Gasteiger partial charge < -0.3 is 5.32 Å². The minimum absolute atomic E-state index is 0.0395. The van der Waals surface area contributed by atoms with Crippen LogP contribution in [0.15, 0.2) is 54.9 Å². The topological polar surface area (TPSA) is 93.0 Å².